The molecular weight excluding hydrogens is 217 g/mol. The zero-order valence-corrected chi connectivity index (χ0v) is 10.1. The molecule has 0 radical (unpaired) electrons. The number of hydrogen-bond acceptors (Lipinski definition) is 3. The van der Waals surface area contributed by atoms with Crippen LogP contribution in [0.1, 0.15) is 26.2 Å². The summed E-state index contributed by atoms with van der Waals surface area (Å²) in [6.07, 6.45) is 5.44. The molecule has 0 amide bonds. The van der Waals surface area contributed by atoms with E-state index in [9.17, 15) is 4.39 Å². The van der Waals surface area contributed by atoms with Crippen LogP contribution in [0.15, 0.2) is 18.3 Å². The monoisotopic (exact) mass is 235 g/mol. The first-order valence-electron chi connectivity index (χ1n) is 6.36. The molecule has 1 saturated heterocycles. The molecule has 2 aliphatic rings. The van der Waals surface area contributed by atoms with Crippen LogP contribution in [-0.2, 0) is 0 Å². The highest BCUT2D eigenvalue weighted by Crippen LogP contribution is 2.33. The van der Waals surface area contributed by atoms with Crippen molar-refractivity contribution in [1.29, 1.82) is 0 Å². The van der Waals surface area contributed by atoms with Gasteiger partial charge in [0.25, 0.3) is 0 Å². The lowest BCUT2D eigenvalue weighted by Crippen LogP contribution is -2.31. The van der Waals surface area contributed by atoms with Crippen molar-refractivity contribution in [1.82, 2.24) is 9.88 Å². The molecule has 0 spiro atoms. The Morgan fingerprint density at radius 1 is 1.41 bits per heavy atom. The van der Waals surface area contributed by atoms with E-state index in [1.165, 1.54) is 18.9 Å². The molecule has 3 nitrogen and oxygen atoms in total. The van der Waals surface area contributed by atoms with Gasteiger partial charge in [0.1, 0.15) is 0 Å². The third-order valence-corrected chi connectivity index (χ3v) is 3.74. The summed E-state index contributed by atoms with van der Waals surface area (Å²) in [5, 5.41) is 3.44. The van der Waals surface area contributed by atoms with E-state index >= 15 is 0 Å². The molecule has 1 aromatic heterocycles. The molecule has 2 atom stereocenters. The van der Waals surface area contributed by atoms with Gasteiger partial charge in [0, 0.05) is 24.7 Å². The van der Waals surface area contributed by atoms with Gasteiger partial charge in [-0.1, -0.05) is 0 Å². The molecule has 17 heavy (non-hydrogen) atoms. The first-order chi connectivity index (χ1) is 8.22. The van der Waals surface area contributed by atoms with E-state index in [1.807, 2.05) is 0 Å². The molecule has 3 rings (SSSR count). The summed E-state index contributed by atoms with van der Waals surface area (Å²) in [6.45, 7) is 3.39. The Morgan fingerprint density at radius 2 is 2.24 bits per heavy atom. The van der Waals surface area contributed by atoms with E-state index < -0.39 is 5.95 Å². The van der Waals surface area contributed by atoms with Crippen LogP contribution in [-0.4, -0.2) is 34.6 Å². The average molecular weight is 235 g/mol. The number of nitrogens with zero attached hydrogens (tertiary/aromatic N) is 2. The molecular formula is C13H18FN3. The minimum Gasteiger partial charge on any atom is -0.380 e. The first kappa shape index (κ1) is 11.0. The van der Waals surface area contributed by atoms with Gasteiger partial charge in [0.05, 0.1) is 11.9 Å². The summed E-state index contributed by atoms with van der Waals surface area (Å²) in [5.41, 5.74) is 0.918. The van der Waals surface area contributed by atoms with E-state index in [0.717, 1.165) is 24.7 Å². The van der Waals surface area contributed by atoms with E-state index in [2.05, 4.69) is 22.1 Å². The summed E-state index contributed by atoms with van der Waals surface area (Å²) in [5.74, 6) is -0.421. The fourth-order valence-electron chi connectivity index (χ4n) is 2.77. The van der Waals surface area contributed by atoms with Crippen molar-refractivity contribution in [3.63, 3.8) is 0 Å². The number of likely N-dealkylation sites (tertiary alicyclic amines) is 1. The zero-order valence-electron chi connectivity index (χ0n) is 10.1. The standard InChI is InChI=1S/C13H18FN3/c1-9-6-11(8-17(9)12-3-4-12)16-10-2-5-13(14)15-7-10/h2,5,7,9,11-12,16H,3-4,6,8H2,1H3. The molecule has 1 N–H and O–H groups in total. The van der Waals surface area contributed by atoms with Crippen LogP contribution >= 0.6 is 0 Å². The van der Waals surface area contributed by atoms with Gasteiger partial charge >= 0.3 is 0 Å². The van der Waals surface area contributed by atoms with Crippen molar-refractivity contribution in [2.75, 3.05) is 11.9 Å². The lowest BCUT2D eigenvalue weighted by Gasteiger charge is -2.19. The lowest BCUT2D eigenvalue weighted by molar-refractivity contribution is 0.257. The molecule has 1 aliphatic carbocycles. The molecule has 1 saturated carbocycles. The van der Waals surface area contributed by atoms with Gasteiger partial charge in [-0.05, 0) is 38.3 Å². The number of halogens is 1. The second-order valence-electron chi connectivity index (χ2n) is 5.22. The van der Waals surface area contributed by atoms with E-state index in [0.29, 0.717) is 12.1 Å². The van der Waals surface area contributed by atoms with Crippen molar-refractivity contribution in [3.05, 3.63) is 24.3 Å². The number of hydrogen-bond donors (Lipinski definition) is 1. The Bertz CT molecular complexity index is 388. The van der Waals surface area contributed by atoms with Gasteiger partial charge in [0.2, 0.25) is 5.95 Å². The predicted octanol–water partition coefficient (Wildman–Crippen LogP) is 2.26. The molecule has 1 aromatic rings. The first-order valence-corrected chi connectivity index (χ1v) is 6.36. The maximum Gasteiger partial charge on any atom is 0.212 e. The zero-order chi connectivity index (χ0) is 11.8. The van der Waals surface area contributed by atoms with Gasteiger partial charge < -0.3 is 5.32 Å². The van der Waals surface area contributed by atoms with E-state index in [4.69, 9.17) is 0 Å². The summed E-state index contributed by atoms with van der Waals surface area (Å²) < 4.78 is 12.7. The predicted molar refractivity (Wildman–Crippen MR) is 65.4 cm³/mol. The van der Waals surface area contributed by atoms with Crippen molar-refractivity contribution in [2.45, 2.75) is 44.3 Å². The van der Waals surface area contributed by atoms with E-state index in [1.54, 1.807) is 12.3 Å². The minimum atomic E-state index is -0.421. The number of pyridine rings is 1. The Labute approximate surface area is 101 Å². The second-order valence-corrected chi connectivity index (χ2v) is 5.22. The molecule has 0 aromatic carbocycles. The van der Waals surface area contributed by atoms with Gasteiger partial charge in [-0.3, -0.25) is 4.90 Å². The highest BCUT2D eigenvalue weighted by atomic mass is 19.1. The topological polar surface area (TPSA) is 28.2 Å². The van der Waals surface area contributed by atoms with Crippen LogP contribution in [0.4, 0.5) is 10.1 Å². The summed E-state index contributed by atoms with van der Waals surface area (Å²) in [4.78, 5) is 6.26. The summed E-state index contributed by atoms with van der Waals surface area (Å²) >= 11 is 0. The van der Waals surface area contributed by atoms with E-state index in [-0.39, 0.29) is 0 Å². The Balaban J connectivity index is 1.61. The van der Waals surface area contributed by atoms with Crippen LogP contribution in [0.5, 0.6) is 0 Å². The van der Waals surface area contributed by atoms with Crippen molar-refractivity contribution in [3.8, 4) is 0 Å². The summed E-state index contributed by atoms with van der Waals surface area (Å²) in [7, 11) is 0. The maximum atomic E-state index is 12.7. The highest BCUT2D eigenvalue weighted by Gasteiger charge is 2.38. The van der Waals surface area contributed by atoms with Crippen LogP contribution in [0.2, 0.25) is 0 Å². The van der Waals surface area contributed by atoms with Crippen LogP contribution < -0.4 is 5.32 Å². The third kappa shape index (κ3) is 2.41. The Hall–Kier alpha value is -1.16. The molecule has 0 bridgehead atoms. The highest BCUT2D eigenvalue weighted by molar-refractivity contribution is 5.41. The van der Waals surface area contributed by atoms with Gasteiger partial charge in [-0.15, -0.1) is 0 Å². The third-order valence-electron chi connectivity index (χ3n) is 3.74. The molecule has 4 heteroatoms. The van der Waals surface area contributed by atoms with Crippen molar-refractivity contribution in [2.24, 2.45) is 0 Å². The maximum absolute atomic E-state index is 12.7. The fourth-order valence-corrected chi connectivity index (χ4v) is 2.77. The fraction of sp³-hybridized carbons (Fsp3) is 0.615. The SMILES string of the molecule is CC1CC(Nc2ccc(F)nc2)CN1C1CC1. The second kappa shape index (κ2) is 4.26. The Kier molecular flexibility index (Phi) is 2.74. The molecule has 2 fully saturated rings. The summed E-state index contributed by atoms with van der Waals surface area (Å²) in [6, 6.07) is 5.11. The van der Waals surface area contributed by atoms with Crippen LogP contribution in [0.25, 0.3) is 0 Å². The minimum absolute atomic E-state index is 0.421. The number of nitrogens with one attached hydrogen (secondary N) is 1. The largest absolute Gasteiger partial charge is 0.380 e. The quantitative estimate of drug-likeness (QED) is 0.814. The van der Waals surface area contributed by atoms with Gasteiger partial charge in [-0.25, -0.2) is 4.98 Å². The lowest BCUT2D eigenvalue weighted by atomic mass is 10.2. The average Bonchev–Trinajstić information content (AvgIpc) is 3.08. The number of rotatable bonds is 3. The molecule has 92 valence electrons. The smallest absolute Gasteiger partial charge is 0.212 e. The van der Waals surface area contributed by atoms with Crippen molar-refractivity contribution < 1.29 is 4.39 Å². The van der Waals surface area contributed by atoms with Gasteiger partial charge in [-0.2, -0.15) is 4.39 Å². The van der Waals surface area contributed by atoms with Gasteiger partial charge in [0.15, 0.2) is 0 Å². The molecule has 1 aliphatic heterocycles. The normalized spacial score (nSPS) is 29.5. The van der Waals surface area contributed by atoms with Crippen LogP contribution in [0.3, 0.4) is 0 Å². The van der Waals surface area contributed by atoms with Crippen LogP contribution in [0, 0.1) is 5.95 Å². The number of aromatic nitrogens is 1. The molecule has 2 unspecified atom stereocenters. The molecule has 2 heterocycles. The number of anilines is 1. The van der Waals surface area contributed by atoms with Crippen molar-refractivity contribution >= 4 is 5.69 Å². The Morgan fingerprint density at radius 3 is 2.88 bits per heavy atom.